The molecule has 1 saturated heterocycles. The van der Waals surface area contributed by atoms with Gasteiger partial charge in [-0.15, -0.1) is 0 Å². The number of likely N-dealkylation sites (tertiary alicyclic amines) is 1. The number of rotatable bonds is 8. The summed E-state index contributed by atoms with van der Waals surface area (Å²) in [6, 6.07) is 4.77. The molecule has 1 aliphatic heterocycles. The number of carbonyl (C=O) groups excluding carboxylic acids is 1. The van der Waals surface area contributed by atoms with Crippen molar-refractivity contribution in [3.63, 3.8) is 0 Å². The maximum absolute atomic E-state index is 12.5. The first-order chi connectivity index (χ1) is 11.8. The summed E-state index contributed by atoms with van der Waals surface area (Å²) in [4.78, 5) is 13.8. The third-order valence-electron chi connectivity index (χ3n) is 4.41. The first-order valence-corrected chi connectivity index (χ1v) is 10.0. The van der Waals surface area contributed by atoms with Crippen LogP contribution in [0.2, 0.25) is 0 Å². The molecule has 1 atom stereocenters. The topological polar surface area (TPSA) is 87.7 Å². The van der Waals surface area contributed by atoms with E-state index < -0.39 is 10.0 Å². The van der Waals surface area contributed by atoms with Gasteiger partial charge >= 0.3 is 0 Å². The molecule has 2 rings (SSSR count). The van der Waals surface area contributed by atoms with Crippen molar-refractivity contribution in [3.05, 3.63) is 18.2 Å². The predicted molar refractivity (Wildman–Crippen MR) is 97.4 cm³/mol. The van der Waals surface area contributed by atoms with Crippen LogP contribution in [0.3, 0.4) is 0 Å². The highest BCUT2D eigenvalue weighted by Crippen LogP contribution is 2.27. The fraction of sp³-hybridized carbons (Fsp3) is 0.588. The molecule has 1 fully saturated rings. The second kappa shape index (κ2) is 8.64. The van der Waals surface area contributed by atoms with E-state index in [2.05, 4.69) is 21.9 Å². The Balaban J connectivity index is 2.01. The zero-order valence-electron chi connectivity index (χ0n) is 15.0. The minimum atomic E-state index is -3.64. The van der Waals surface area contributed by atoms with Crippen molar-refractivity contribution in [2.45, 2.75) is 44.0 Å². The Morgan fingerprint density at radius 3 is 2.60 bits per heavy atom. The van der Waals surface area contributed by atoms with E-state index in [0.29, 0.717) is 24.0 Å². The first kappa shape index (κ1) is 19.7. The van der Waals surface area contributed by atoms with Crippen LogP contribution < -0.4 is 14.8 Å². The van der Waals surface area contributed by atoms with Crippen molar-refractivity contribution in [1.82, 2.24) is 9.62 Å². The Morgan fingerprint density at radius 2 is 2.00 bits per heavy atom. The van der Waals surface area contributed by atoms with Crippen LogP contribution >= 0.6 is 0 Å². The third-order valence-corrected chi connectivity index (χ3v) is 5.87. The molecule has 1 aliphatic rings. The number of carbonyl (C=O) groups is 1. The molecule has 0 bridgehead atoms. The van der Waals surface area contributed by atoms with E-state index in [9.17, 15) is 13.2 Å². The van der Waals surface area contributed by atoms with E-state index in [1.54, 1.807) is 0 Å². The molecule has 2 N–H and O–H groups in total. The number of amides is 1. The number of nitrogens with one attached hydrogen (secondary N) is 2. The molecule has 0 radical (unpaired) electrons. The Hall–Kier alpha value is -1.64. The molecule has 1 aromatic carbocycles. The second-order valence-corrected chi connectivity index (χ2v) is 8.09. The molecular formula is C17H27N3O4S. The van der Waals surface area contributed by atoms with Gasteiger partial charge in [0.25, 0.3) is 0 Å². The van der Waals surface area contributed by atoms with Gasteiger partial charge in [0, 0.05) is 19.5 Å². The van der Waals surface area contributed by atoms with Gasteiger partial charge in [-0.25, -0.2) is 13.1 Å². The summed E-state index contributed by atoms with van der Waals surface area (Å²) in [5.41, 5.74) is 0.336. The largest absolute Gasteiger partial charge is 0.495 e. The summed E-state index contributed by atoms with van der Waals surface area (Å²) >= 11 is 0. The van der Waals surface area contributed by atoms with Crippen LogP contribution in [0.5, 0.6) is 5.75 Å². The number of sulfonamides is 1. The molecule has 25 heavy (non-hydrogen) atoms. The summed E-state index contributed by atoms with van der Waals surface area (Å²) in [5.74, 6) is 0.122. The lowest BCUT2D eigenvalue weighted by molar-refractivity contribution is -0.114. The monoisotopic (exact) mass is 369 g/mol. The highest BCUT2D eigenvalue weighted by molar-refractivity contribution is 7.89. The second-order valence-electron chi connectivity index (χ2n) is 6.32. The number of hydrogen-bond acceptors (Lipinski definition) is 5. The van der Waals surface area contributed by atoms with Crippen molar-refractivity contribution in [1.29, 1.82) is 0 Å². The molecule has 0 saturated carbocycles. The third kappa shape index (κ3) is 5.42. The van der Waals surface area contributed by atoms with Crippen molar-refractivity contribution in [2.24, 2.45) is 0 Å². The number of hydrogen-bond donors (Lipinski definition) is 2. The predicted octanol–water partition coefficient (Wildman–Crippen LogP) is 1.81. The maximum atomic E-state index is 12.5. The van der Waals surface area contributed by atoms with Gasteiger partial charge in [0.15, 0.2) is 0 Å². The van der Waals surface area contributed by atoms with Gasteiger partial charge in [0.1, 0.15) is 5.75 Å². The number of benzene rings is 1. The highest BCUT2D eigenvalue weighted by Gasteiger charge is 2.20. The molecule has 0 spiro atoms. The standard InChI is InChI=1S/C17H27N3O4S/c1-13(20-10-4-5-11-20)8-9-18-25(22,23)15-6-7-17(24-3)16(12-15)19-14(2)21/h6-7,12-13,18H,4-5,8-11H2,1-3H3,(H,19,21)/t13-/m1/s1. The molecular weight excluding hydrogens is 342 g/mol. The summed E-state index contributed by atoms with van der Waals surface area (Å²) in [6.45, 7) is 6.04. The van der Waals surface area contributed by atoms with Crippen molar-refractivity contribution >= 4 is 21.6 Å². The zero-order valence-corrected chi connectivity index (χ0v) is 15.9. The van der Waals surface area contributed by atoms with Crippen LogP contribution in [0.25, 0.3) is 0 Å². The number of anilines is 1. The Labute approximate surface area is 149 Å². The van der Waals surface area contributed by atoms with Crippen LogP contribution in [0, 0.1) is 0 Å². The normalized spacial score (nSPS) is 16.6. The number of nitrogens with zero attached hydrogens (tertiary/aromatic N) is 1. The fourth-order valence-corrected chi connectivity index (χ4v) is 4.07. The van der Waals surface area contributed by atoms with Gasteiger partial charge in [-0.1, -0.05) is 0 Å². The van der Waals surface area contributed by atoms with Gasteiger partial charge in [-0.05, 0) is 57.5 Å². The minimum Gasteiger partial charge on any atom is -0.495 e. The van der Waals surface area contributed by atoms with Crippen molar-refractivity contribution < 1.29 is 17.9 Å². The number of ether oxygens (including phenoxy) is 1. The summed E-state index contributed by atoms with van der Waals surface area (Å²) in [6.07, 6.45) is 3.19. The molecule has 0 aliphatic carbocycles. The van der Waals surface area contributed by atoms with Crippen LogP contribution in [0.4, 0.5) is 5.69 Å². The summed E-state index contributed by atoms with van der Waals surface area (Å²) < 4.78 is 32.8. The lowest BCUT2D eigenvalue weighted by Gasteiger charge is -2.23. The van der Waals surface area contributed by atoms with E-state index >= 15 is 0 Å². The Kier molecular flexibility index (Phi) is 6.80. The van der Waals surface area contributed by atoms with Crippen LogP contribution in [-0.2, 0) is 14.8 Å². The van der Waals surface area contributed by atoms with Gasteiger partial charge in [-0.3, -0.25) is 4.79 Å². The fourth-order valence-electron chi connectivity index (χ4n) is 2.99. The Bertz CT molecular complexity index is 700. The van der Waals surface area contributed by atoms with E-state index in [4.69, 9.17) is 4.74 Å². The lowest BCUT2D eigenvalue weighted by atomic mass is 10.2. The van der Waals surface area contributed by atoms with E-state index in [1.807, 2.05) is 0 Å². The lowest BCUT2D eigenvalue weighted by Crippen LogP contribution is -2.34. The van der Waals surface area contributed by atoms with E-state index in [-0.39, 0.29) is 10.8 Å². The molecule has 1 aromatic rings. The highest BCUT2D eigenvalue weighted by atomic mass is 32.2. The maximum Gasteiger partial charge on any atom is 0.240 e. The van der Waals surface area contributed by atoms with Crippen molar-refractivity contribution in [3.8, 4) is 5.75 Å². The zero-order chi connectivity index (χ0) is 18.4. The van der Waals surface area contributed by atoms with Crippen LogP contribution in [0.1, 0.15) is 33.1 Å². The summed E-state index contributed by atoms with van der Waals surface area (Å²) in [7, 11) is -2.17. The Morgan fingerprint density at radius 1 is 1.32 bits per heavy atom. The van der Waals surface area contributed by atoms with Gasteiger partial charge in [-0.2, -0.15) is 0 Å². The molecule has 1 heterocycles. The summed E-state index contributed by atoms with van der Waals surface area (Å²) in [5, 5.41) is 2.59. The molecule has 0 aromatic heterocycles. The SMILES string of the molecule is COc1ccc(S(=O)(=O)NCC[C@@H](C)N2CCCC2)cc1NC(C)=O. The molecule has 1 amide bonds. The van der Waals surface area contributed by atoms with Gasteiger partial charge < -0.3 is 15.0 Å². The minimum absolute atomic E-state index is 0.103. The average Bonchev–Trinajstić information content (AvgIpc) is 3.08. The first-order valence-electron chi connectivity index (χ1n) is 8.53. The molecule has 8 heteroatoms. The number of methoxy groups -OCH3 is 1. The molecule has 7 nitrogen and oxygen atoms in total. The average molecular weight is 369 g/mol. The van der Waals surface area contributed by atoms with Gasteiger partial charge in [0.05, 0.1) is 17.7 Å². The van der Waals surface area contributed by atoms with Crippen LogP contribution in [0.15, 0.2) is 23.1 Å². The van der Waals surface area contributed by atoms with Crippen molar-refractivity contribution in [2.75, 3.05) is 32.1 Å². The quantitative estimate of drug-likeness (QED) is 0.730. The van der Waals surface area contributed by atoms with E-state index in [0.717, 1.165) is 19.5 Å². The molecule has 0 unspecified atom stereocenters. The van der Waals surface area contributed by atoms with E-state index in [1.165, 1.54) is 45.1 Å². The van der Waals surface area contributed by atoms with Crippen LogP contribution in [-0.4, -0.2) is 52.0 Å². The smallest absolute Gasteiger partial charge is 0.240 e. The van der Waals surface area contributed by atoms with Gasteiger partial charge in [0.2, 0.25) is 15.9 Å². The molecule has 140 valence electrons.